The van der Waals surface area contributed by atoms with E-state index in [1.54, 1.807) is 0 Å². The molecule has 1 amide bonds. The van der Waals surface area contributed by atoms with Gasteiger partial charge in [0.15, 0.2) is 5.96 Å². The van der Waals surface area contributed by atoms with E-state index in [1.165, 1.54) is 12.8 Å². The number of unbranched alkanes of at least 4 members (excludes halogenated alkanes) is 1. The first-order valence-corrected chi connectivity index (χ1v) is 8.30. The van der Waals surface area contributed by atoms with Gasteiger partial charge in [-0.1, -0.05) is 13.3 Å². The molecule has 22 heavy (non-hydrogen) atoms. The number of rotatable bonds is 9. The first-order valence-electron chi connectivity index (χ1n) is 8.30. The third-order valence-corrected chi connectivity index (χ3v) is 2.92. The van der Waals surface area contributed by atoms with Crippen LogP contribution < -0.4 is 16.0 Å². The lowest BCUT2D eigenvalue weighted by Gasteiger charge is -2.20. The molecule has 130 valence electrons. The number of nitrogens with one attached hydrogen (secondary N) is 3. The molecule has 0 heterocycles. The van der Waals surface area contributed by atoms with Gasteiger partial charge in [0.25, 0.3) is 0 Å². The summed E-state index contributed by atoms with van der Waals surface area (Å²) in [5.41, 5.74) is -0.222. The molecule has 0 saturated carbocycles. The van der Waals surface area contributed by atoms with E-state index in [0.29, 0.717) is 5.96 Å². The molecule has 0 aromatic heterocycles. The summed E-state index contributed by atoms with van der Waals surface area (Å²) in [4.78, 5) is 18.4. The van der Waals surface area contributed by atoms with Crippen LogP contribution in [-0.2, 0) is 4.79 Å². The number of likely N-dealkylation sites (N-methyl/N-ethyl adjacent to an activating group) is 1. The van der Waals surface area contributed by atoms with Crippen molar-refractivity contribution in [3.05, 3.63) is 0 Å². The molecule has 0 fully saturated rings. The first kappa shape index (κ1) is 20.7. The van der Waals surface area contributed by atoms with E-state index in [0.717, 1.165) is 26.2 Å². The van der Waals surface area contributed by atoms with Crippen molar-refractivity contribution in [1.82, 2.24) is 20.9 Å². The summed E-state index contributed by atoms with van der Waals surface area (Å²) in [6.07, 6.45) is 2.43. The second-order valence-electron chi connectivity index (χ2n) is 6.58. The molecule has 0 aliphatic heterocycles. The highest BCUT2D eigenvalue weighted by molar-refractivity contribution is 5.85. The Labute approximate surface area is 136 Å². The maximum Gasteiger partial charge on any atom is 0.242 e. The number of nitrogens with zero attached hydrogens (tertiary/aromatic N) is 2. The van der Waals surface area contributed by atoms with Crippen LogP contribution in [-0.4, -0.2) is 62.1 Å². The lowest BCUT2D eigenvalue weighted by atomic mass is 10.1. The Bertz CT molecular complexity index is 336. The molecule has 0 aliphatic rings. The van der Waals surface area contributed by atoms with E-state index in [4.69, 9.17) is 0 Å². The molecule has 0 bridgehead atoms. The minimum atomic E-state index is -0.222. The molecule has 0 atom stereocenters. The number of amides is 1. The fraction of sp³-hybridized carbons (Fsp3) is 0.875. The van der Waals surface area contributed by atoms with Crippen LogP contribution in [0.15, 0.2) is 4.99 Å². The number of aliphatic imine (C=N–C) groups is 1. The van der Waals surface area contributed by atoms with E-state index >= 15 is 0 Å². The molecule has 0 aromatic carbocycles. The molecule has 0 spiro atoms. The zero-order valence-electron chi connectivity index (χ0n) is 15.3. The molecule has 0 unspecified atom stereocenters. The van der Waals surface area contributed by atoms with Gasteiger partial charge in [0.2, 0.25) is 5.91 Å². The van der Waals surface area contributed by atoms with Crippen LogP contribution in [0.1, 0.15) is 47.5 Å². The Balaban J connectivity index is 4.18. The average Bonchev–Trinajstić information content (AvgIpc) is 2.40. The summed E-state index contributed by atoms with van der Waals surface area (Å²) >= 11 is 0. The predicted molar refractivity (Wildman–Crippen MR) is 94.3 cm³/mol. The van der Waals surface area contributed by atoms with Gasteiger partial charge in [0.1, 0.15) is 6.54 Å². The van der Waals surface area contributed by atoms with Crippen LogP contribution in [0.2, 0.25) is 0 Å². The van der Waals surface area contributed by atoms with Gasteiger partial charge in [-0.2, -0.15) is 0 Å². The molecule has 0 rings (SSSR count). The number of guanidine groups is 1. The largest absolute Gasteiger partial charge is 0.357 e. The third kappa shape index (κ3) is 12.4. The maximum atomic E-state index is 11.8. The lowest BCUT2D eigenvalue weighted by molar-refractivity contribution is -0.121. The van der Waals surface area contributed by atoms with Crippen molar-refractivity contribution in [2.45, 2.75) is 53.0 Å². The smallest absolute Gasteiger partial charge is 0.242 e. The fourth-order valence-corrected chi connectivity index (χ4v) is 1.86. The molecule has 6 heteroatoms. The topological polar surface area (TPSA) is 68.8 Å². The van der Waals surface area contributed by atoms with Crippen molar-refractivity contribution < 1.29 is 4.79 Å². The van der Waals surface area contributed by atoms with Crippen molar-refractivity contribution >= 4 is 11.9 Å². The molecule has 0 aliphatic carbocycles. The first-order chi connectivity index (χ1) is 10.3. The average molecular weight is 313 g/mol. The molecule has 3 N–H and O–H groups in total. The highest BCUT2D eigenvalue weighted by Crippen LogP contribution is 1.97. The summed E-state index contributed by atoms with van der Waals surface area (Å²) in [7, 11) is 2.12. The maximum absolute atomic E-state index is 11.8. The summed E-state index contributed by atoms with van der Waals surface area (Å²) in [5, 5.41) is 9.33. The zero-order valence-corrected chi connectivity index (χ0v) is 15.3. The van der Waals surface area contributed by atoms with E-state index in [1.807, 2.05) is 27.7 Å². The highest BCUT2D eigenvalue weighted by atomic mass is 16.2. The van der Waals surface area contributed by atoms with Gasteiger partial charge in [-0.05, 0) is 47.7 Å². The fourth-order valence-electron chi connectivity index (χ4n) is 1.86. The molecule has 0 aromatic rings. The Morgan fingerprint density at radius 3 is 2.36 bits per heavy atom. The van der Waals surface area contributed by atoms with Gasteiger partial charge in [0, 0.05) is 25.2 Å². The van der Waals surface area contributed by atoms with Crippen LogP contribution >= 0.6 is 0 Å². The summed E-state index contributed by atoms with van der Waals surface area (Å²) < 4.78 is 0. The number of carbonyl (C=O) groups is 1. The molecular weight excluding hydrogens is 278 g/mol. The van der Waals surface area contributed by atoms with Gasteiger partial charge in [-0.25, -0.2) is 4.99 Å². The second kappa shape index (κ2) is 11.3. The monoisotopic (exact) mass is 313 g/mol. The lowest BCUT2D eigenvalue weighted by Crippen LogP contribution is -2.44. The summed E-state index contributed by atoms with van der Waals surface area (Å²) in [5.74, 6) is 0.625. The standard InChI is InChI=1S/C16H35N5O/c1-7-9-11-21(6)12-10-18-15(17-8-2)19-13-14(22)20-16(3,4)5/h7-13H2,1-6H3,(H,20,22)(H2,17,18,19). The normalized spacial score (nSPS) is 12.4. The SMILES string of the molecule is CCCCN(C)CCNC(=NCC(=O)NC(C)(C)C)NCC. The van der Waals surface area contributed by atoms with Crippen LogP contribution in [0, 0.1) is 0 Å². The van der Waals surface area contributed by atoms with E-state index < -0.39 is 0 Å². The highest BCUT2D eigenvalue weighted by Gasteiger charge is 2.13. The van der Waals surface area contributed by atoms with Crippen molar-refractivity contribution in [3.8, 4) is 0 Å². The Hall–Kier alpha value is -1.30. The summed E-state index contributed by atoms with van der Waals surface area (Å²) in [6.45, 7) is 13.9. The van der Waals surface area contributed by atoms with Gasteiger partial charge < -0.3 is 20.9 Å². The van der Waals surface area contributed by atoms with Gasteiger partial charge >= 0.3 is 0 Å². The van der Waals surface area contributed by atoms with E-state index in [9.17, 15) is 4.79 Å². The van der Waals surface area contributed by atoms with Crippen molar-refractivity contribution in [2.75, 3.05) is 39.8 Å². The third-order valence-electron chi connectivity index (χ3n) is 2.92. The van der Waals surface area contributed by atoms with Crippen LogP contribution in [0.3, 0.4) is 0 Å². The quantitative estimate of drug-likeness (QED) is 0.442. The van der Waals surface area contributed by atoms with Crippen LogP contribution in [0.5, 0.6) is 0 Å². The van der Waals surface area contributed by atoms with Gasteiger partial charge in [-0.15, -0.1) is 0 Å². The number of carbonyl (C=O) groups excluding carboxylic acids is 1. The molecular formula is C16H35N5O. The molecule has 0 radical (unpaired) electrons. The number of hydrogen-bond donors (Lipinski definition) is 3. The molecule has 6 nitrogen and oxygen atoms in total. The van der Waals surface area contributed by atoms with E-state index in [-0.39, 0.29) is 18.0 Å². The minimum Gasteiger partial charge on any atom is -0.357 e. The van der Waals surface area contributed by atoms with Crippen molar-refractivity contribution in [1.29, 1.82) is 0 Å². The zero-order chi connectivity index (χ0) is 17.0. The Kier molecular flexibility index (Phi) is 10.6. The Morgan fingerprint density at radius 2 is 1.82 bits per heavy atom. The molecule has 0 saturated heterocycles. The predicted octanol–water partition coefficient (Wildman–Crippen LogP) is 1.19. The summed E-state index contributed by atoms with van der Waals surface area (Å²) in [6, 6.07) is 0. The van der Waals surface area contributed by atoms with Gasteiger partial charge in [0.05, 0.1) is 0 Å². The Morgan fingerprint density at radius 1 is 1.14 bits per heavy atom. The van der Waals surface area contributed by atoms with Crippen molar-refractivity contribution in [3.63, 3.8) is 0 Å². The van der Waals surface area contributed by atoms with Gasteiger partial charge in [-0.3, -0.25) is 4.79 Å². The van der Waals surface area contributed by atoms with Crippen LogP contribution in [0.25, 0.3) is 0 Å². The van der Waals surface area contributed by atoms with E-state index in [2.05, 4.69) is 39.8 Å². The minimum absolute atomic E-state index is 0.0650. The second-order valence-corrected chi connectivity index (χ2v) is 6.58. The number of hydrogen-bond acceptors (Lipinski definition) is 3. The van der Waals surface area contributed by atoms with Crippen LogP contribution in [0.4, 0.5) is 0 Å². The van der Waals surface area contributed by atoms with Crippen molar-refractivity contribution in [2.24, 2.45) is 4.99 Å².